The van der Waals surface area contributed by atoms with Gasteiger partial charge in [-0.3, -0.25) is 0 Å². The number of thiazole rings is 1. The van der Waals surface area contributed by atoms with Crippen LogP contribution in [0.2, 0.25) is 5.02 Å². The van der Waals surface area contributed by atoms with Gasteiger partial charge in [0.1, 0.15) is 5.75 Å². The number of rotatable bonds is 5. The summed E-state index contributed by atoms with van der Waals surface area (Å²) in [5, 5.41) is 1.57. The van der Waals surface area contributed by atoms with E-state index >= 15 is 0 Å². The Bertz CT molecular complexity index is 745. The van der Waals surface area contributed by atoms with E-state index in [4.69, 9.17) is 16.3 Å². The van der Waals surface area contributed by atoms with Gasteiger partial charge in [0.2, 0.25) is 0 Å². The summed E-state index contributed by atoms with van der Waals surface area (Å²) < 4.78 is 7.77. The van der Waals surface area contributed by atoms with Crippen molar-refractivity contribution in [3.63, 3.8) is 0 Å². The Balaban J connectivity index is 1.81. The zero-order valence-electron chi connectivity index (χ0n) is 10.9. The van der Waals surface area contributed by atoms with Crippen molar-refractivity contribution >= 4 is 60.8 Å². The molecule has 0 aliphatic carbocycles. The van der Waals surface area contributed by atoms with E-state index < -0.39 is 0 Å². The van der Waals surface area contributed by atoms with E-state index in [2.05, 4.69) is 20.9 Å². The van der Waals surface area contributed by atoms with Gasteiger partial charge in [-0.25, -0.2) is 4.98 Å². The largest absolute Gasteiger partial charge is 0.493 e. The van der Waals surface area contributed by atoms with Crippen molar-refractivity contribution in [1.29, 1.82) is 0 Å². The second kappa shape index (κ2) is 7.01. The Labute approximate surface area is 144 Å². The average molecular weight is 401 g/mol. The van der Waals surface area contributed by atoms with E-state index in [9.17, 15) is 0 Å². The van der Waals surface area contributed by atoms with Crippen LogP contribution in [-0.4, -0.2) is 16.9 Å². The fraction of sp³-hybridized carbons (Fsp3) is 0.133. The Morgan fingerprint density at radius 2 is 2.00 bits per heavy atom. The van der Waals surface area contributed by atoms with Crippen LogP contribution in [0.3, 0.4) is 0 Å². The molecule has 0 amide bonds. The second-order valence-corrected chi connectivity index (χ2v) is 7.78. The number of fused-ring (bicyclic) bond motifs is 1. The smallest absolute Gasteiger partial charge is 0.155 e. The van der Waals surface area contributed by atoms with Gasteiger partial charge in [0, 0.05) is 15.2 Å². The molecule has 0 N–H and O–H groups in total. The van der Waals surface area contributed by atoms with Gasteiger partial charge in [-0.05, 0) is 42.5 Å². The third kappa shape index (κ3) is 3.92. The van der Waals surface area contributed by atoms with Crippen molar-refractivity contribution in [3.8, 4) is 5.75 Å². The molecule has 3 aromatic rings. The summed E-state index contributed by atoms with van der Waals surface area (Å²) in [4.78, 5) is 5.77. The predicted octanol–water partition coefficient (Wildman–Crippen LogP) is 5.87. The maximum Gasteiger partial charge on any atom is 0.155 e. The lowest BCUT2D eigenvalue weighted by Crippen LogP contribution is -1.96. The molecule has 0 radical (unpaired) electrons. The first-order chi connectivity index (χ1) is 10.2. The predicted molar refractivity (Wildman–Crippen MR) is 94.5 cm³/mol. The fourth-order valence-electron chi connectivity index (χ4n) is 1.78. The molecule has 0 fully saturated rings. The molecule has 1 heterocycles. The van der Waals surface area contributed by atoms with Crippen LogP contribution in [0.1, 0.15) is 0 Å². The number of aromatic nitrogens is 1. The van der Waals surface area contributed by atoms with E-state index in [-0.39, 0.29) is 0 Å². The second-order valence-electron chi connectivity index (χ2n) is 4.20. The van der Waals surface area contributed by atoms with Crippen molar-refractivity contribution in [2.45, 2.75) is 9.24 Å². The van der Waals surface area contributed by atoms with Crippen LogP contribution < -0.4 is 4.74 Å². The normalized spacial score (nSPS) is 11.0. The summed E-state index contributed by atoms with van der Waals surface area (Å²) in [6.45, 7) is 0.663. The quantitative estimate of drug-likeness (QED) is 0.500. The number of nitrogens with zero attached hydrogens (tertiary/aromatic N) is 1. The van der Waals surface area contributed by atoms with Gasteiger partial charge in [0.25, 0.3) is 0 Å². The Morgan fingerprint density at radius 1 is 1.19 bits per heavy atom. The van der Waals surface area contributed by atoms with Crippen LogP contribution in [0.15, 0.2) is 51.7 Å². The van der Waals surface area contributed by atoms with Gasteiger partial charge in [0.05, 0.1) is 16.8 Å². The molecule has 6 heteroatoms. The SMILES string of the molecule is Clc1ccc(Sc2nc3ccc(OCCBr)cc3s2)cc1. The van der Waals surface area contributed by atoms with Gasteiger partial charge in [0.15, 0.2) is 4.34 Å². The molecule has 2 nitrogen and oxygen atoms in total. The number of ether oxygens (including phenoxy) is 1. The van der Waals surface area contributed by atoms with Crippen LogP contribution in [-0.2, 0) is 0 Å². The molecule has 0 unspecified atom stereocenters. The lowest BCUT2D eigenvalue weighted by Gasteiger charge is -2.02. The molecule has 0 bridgehead atoms. The van der Waals surface area contributed by atoms with Crippen molar-refractivity contribution in [3.05, 3.63) is 47.5 Å². The number of benzene rings is 2. The molecule has 0 saturated carbocycles. The van der Waals surface area contributed by atoms with Gasteiger partial charge < -0.3 is 4.74 Å². The highest BCUT2D eigenvalue weighted by Gasteiger charge is 2.07. The summed E-state index contributed by atoms with van der Waals surface area (Å²) in [6, 6.07) is 13.8. The first-order valence-corrected chi connectivity index (χ1v) is 9.40. The topological polar surface area (TPSA) is 22.1 Å². The molecule has 108 valence electrons. The number of hydrogen-bond acceptors (Lipinski definition) is 4. The zero-order chi connectivity index (χ0) is 14.7. The molecule has 0 saturated heterocycles. The molecule has 1 aromatic heterocycles. The first kappa shape index (κ1) is 15.2. The van der Waals surface area contributed by atoms with Gasteiger partial charge in [-0.2, -0.15) is 0 Å². The van der Waals surface area contributed by atoms with Crippen molar-refractivity contribution in [2.75, 3.05) is 11.9 Å². The van der Waals surface area contributed by atoms with Crippen molar-refractivity contribution < 1.29 is 4.74 Å². The Morgan fingerprint density at radius 3 is 2.76 bits per heavy atom. The molecule has 0 aliphatic rings. The molecular weight excluding hydrogens is 390 g/mol. The zero-order valence-corrected chi connectivity index (χ0v) is 14.9. The Hall–Kier alpha value is -0.750. The maximum atomic E-state index is 5.90. The summed E-state index contributed by atoms with van der Waals surface area (Å²) in [6.07, 6.45) is 0. The minimum Gasteiger partial charge on any atom is -0.493 e. The molecule has 3 rings (SSSR count). The molecule has 0 spiro atoms. The van der Waals surface area contributed by atoms with E-state index in [1.54, 1.807) is 23.1 Å². The first-order valence-electron chi connectivity index (χ1n) is 6.27. The highest BCUT2D eigenvalue weighted by molar-refractivity contribution is 9.09. The molecular formula is C15H11BrClNOS2. The van der Waals surface area contributed by atoms with Crippen LogP contribution in [0.4, 0.5) is 0 Å². The highest BCUT2D eigenvalue weighted by Crippen LogP contribution is 2.36. The number of alkyl halides is 1. The molecule has 0 atom stereocenters. The van der Waals surface area contributed by atoms with E-state index in [1.165, 1.54) is 0 Å². The third-order valence-corrected chi connectivity index (χ3v) is 5.37. The lowest BCUT2D eigenvalue weighted by atomic mass is 10.3. The summed E-state index contributed by atoms with van der Waals surface area (Å²) in [7, 11) is 0. The number of halogens is 2. The van der Waals surface area contributed by atoms with E-state index in [0.29, 0.717) is 6.61 Å². The summed E-state index contributed by atoms with van der Waals surface area (Å²) in [5.41, 5.74) is 1.00. The van der Waals surface area contributed by atoms with Crippen LogP contribution in [0, 0.1) is 0 Å². The minimum atomic E-state index is 0.663. The maximum absolute atomic E-state index is 5.90. The Kier molecular flexibility index (Phi) is 5.06. The third-order valence-electron chi connectivity index (χ3n) is 2.70. The summed E-state index contributed by atoms with van der Waals surface area (Å²) in [5.74, 6) is 0.883. The van der Waals surface area contributed by atoms with E-state index in [1.807, 2.05) is 42.5 Å². The van der Waals surface area contributed by atoms with Crippen molar-refractivity contribution in [1.82, 2.24) is 4.98 Å². The van der Waals surface area contributed by atoms with Gasteiger partial charge in [-0.1, -0.05) is 39.3 Å². The summed E-state index contributed by atoms with van der Waals surface area (Å²) >= 11 is 12.6. The van der Waals surface area contributed by atoms with Crippen molar-refractivity contribution in [2.24, 2.45) is 0 Å². The standard InChI is InChI=1S/C15H11BrClNOS2/c16-7-8-19-11-3-6-13-14(9-11)21-15(18-13)20-12-4-1-10(17)2-5-12/h1-6,9H,7-8H2. The van der Waals surface area contributed by atoms with Gasteiger partial charge in [-0.15, -0.1) is 11.3 Å². The van der Waals surface area contributed by atoms with Crippen LogP contribution in [0.25, 0.3) is 10.2 Å². The molecule has 0 aliphatic heterocycles. The highest BCUT2D eigenvalue weighted by atomic mass is 79.9. The fourth-order valence-corrected chi connectivity index (χ4v) is 4.13. The minimum absolute atomic E-state index is 0.663. The number of hydrogen-bond donors (Lipinski definition) is 0. The van der Waals surface area contributed by atoms with Crippen LogP contribution in [0.5, 0.6) is 5.75 Å². The van der Waals surface area contributed by atoms with E-state index in [0.717, 1.165) is 35.6 Å². The molecule has 21 heavy (non-hydrogen) atoms. The lowest BCUT2D eigenvalue weighted by molar-refractivity contribution is 0.345. The molecule has 2 aromatic carbocycles. The average Bonchev–Trinajstić information content (AvgIpc) is 2.89. The van der Waals surface area contributed by atoms with Crippen LogP contribution >= 0.6 is 50.6 Å². The monoisotopic (exact) mass is 399 g/mol. The van der Waals surface area contributed by atoms with Gasteiger partial charge >= 0.3 is 0 Å².